The minimum atomic E-state index is -0.279. The first-order valence-electron chi connectivity index (χ1n) is 6.04. The molecule has 0 aliphatic rings. The Morgan fingerprint density at radius 2 is 2.11 bits per heavy atom. The number of carbonyl (C=O) groups is 1. The lowest BCUT2D eigenvalue weighted by Gasteiger charge is -2.10. The van der Waals surface area contributed by atoms with Crippen molar-refractivity contribution in [2.24, 2.45) is 0 Å². The minimum absolute atomic E-state index is 0.0460. The van der Waals surface area contributed by atoms with Crippen molar-refractivity contribution in [2.75, 3.05) is 27.4 Å². The zero-order valence-corrected chi connectivity index (χ0v) is 11.2. The Bertz CT molecular complexity index is 410. The molecule has 106 valence electrons. The fraction of sp³-hybridized carbons (Fsp3) is 0.462. The molecule has 0 aliphatic carbocycles. The zero-order valence-electron chi connectivity index (χ0n) is 11.2. The smallest absolute Gasteiger partial charge is 0.315 e. The molecule has 0 spiro atoms. The highest BCUT2D eigenvalue weighted by Gasteiger charge is 2.08. The van der Waals surface area contributed by atoms with Gasteiger partial charge in [0.2, 0.25) is 0 Å². The lowest BCUT2D eigenvalue weighted by molar-refractivity contribution is 0.193. The summed E-state index contributed by atoms with van der Waals surface area (Å²) in [4.78, 5) is 11.5. The number of carbonyl (C=O) groups excluding carboxylic acids is 1. The summed E-state index contributed by atoms with van der Waals surface area (Å²) in [5.74, 6) is 0.435. The van der Waals surface area contributed by atoms with Crippen LogP contribution in [0.3, 0.4) is 0 Å². The number of ether oxygens (including phenoxy) is 2. The van der Waals surface area contributed by atoms with E-state index >= 15 is 0 Å². The van der Waals surface area contributed by atoms with Gasteiger partial charge in [-0.3, -0.25) is 0 Å². The number of aromatic hydroxyl groups is 1. The molecule has 2 amide bonds. The van der Waals surface area contributed by atoms with Crippen LogP contribution in [0.1, 0.15) is 12.0 Å². The third-order valence-corrected chi connectivity index (χ3v) is 2.55. The first kappa shape index (κ1) is 15.1. The van der Waals surface area contributed by atoms with Crippen molar-refractivity contribution in [1.82, 2.24) is 10.6 Å². The van der Waals surface area contributed by atoms with Crippen molar-refractivity contribution in [3.63, 3.8) is 0 Å². The summed E-state index contributed by atoms with van der Waals surface area (Å²) in [7, 11) is 3.10. The van der Waals surface area contributed by atoms with Gasteiger partial charge in [0.25, 0.3) is 0 Å². The van der Waals surface area contributed by atoms with E-state index in [1.807, 2.05) is 0 Å². The van der Waals surface area contributed by atoms with Crippen molar-refractivity contribution < 1.29 is 19.4 Å². The van der Waals surface area contributed by atoms with Crippen LogP contribution in [0, 0.1) is 0 Å². The van der Waals surface area contributed by atoms with Gasteiger partial charge in [-0.15, -0.1) is 0 Å². The van der Waals surface area contributed by atoms with Gasteiger partial charge in [-0.1, -0.05) is 12.1 Å². The van der Waals surface area contributed by atoms with Gasteiger partial charge in [0.1, 0.15) is 0 Å². The first-order valence-corrected chi connectivity index (χ1v) is 6.04. The standard InChI is InChI=1S/C13H20N2O4/c1-18-8-4-7-14-13(17)15-9-10-5-3-6-11(19-2)12(10)16/h3,5-6,16H,4,7-9H2,1-2H3,(H2,14,15,17). The van der Waals surface area contributed by atoms with E-state index < -0.39 is 0 Å². The Kier molecular flexibility index (Phi) is 6.52. The molecule has 0 saturated carbocycles. The van der Waals surface area contributed by atoms with E-state index in [9.17, 15) is 9.90 Å². The van der Waals surface area contributed by atoms with Gasteiger partial charge in [0.05, 0.1) is 7.11 Å². The van der Waals surface area contributed by atoms with Crippen molar-refractivity contribution in [3.8, 4) is 11.5 Å². The molecular weight excluding hydrogens is 248 g/mol. The first-order chi connectivity index (χ1) is 9.19. The van der Waals surface area contributed by atoms with Crippen LogP contribution in [0.15, 0.2) is 18.2 Å². The summed E-state index contributed by atoms with van der Waals surface area (Å²) >= 11 is 0. The molecule has 0 unspecified atom stereocenters. The quantitative estimate of drug-likeness (QED) is 0.650. The van der Waals surface area contributed by atoms with E-state index in [0.29, 0.717) is 24.5 Å². The largest absolute Gasteiger partial charge is 0.504 e. The summed E-state index contributed by atoms with van der Waals surface area (Å²) in [6.45, 7) is 1.39. The number of para-hydroxylation sites is 1. The van der Waals surface area contributed by atoms with E-state index in [1.54, 1.807) is 25.3 Å². The average molecular weight is 268 g/mol. The number of phenols is 1. The summed E-state index contributed by atoms with van der Waals surface area (Å²) in [5.41, 5.74) is 0.603. The van der Waals surface area contributed by atoms with E-state index in [4.69, 9.17) is 9.47 Å². The maximum absolute atomic E-state index is 11.5. The molecule has 0 radical (unpaired) electrons. The topological polar surface area (TPSA) is 79.8 Å². The Balaban J connectivity index is 2.38. The maximum Gasteiger partial charge on any atom is 0.315 e. The SMILES string of the molecule is COCCCNC(=O)NCc1cccc(OC)c1O. The number of nitrogens with one attached hydrogen (secondary N) is 2. The van der Waals surface area contributed by atoms with Crippen molar-refractivity contribution in [3.05, 3.63) is 23.8 Å². The highest BCUT2D eigenvalue weighted by Crippen LogP contribution is 2.28. The summed E-state index contributed by atoms with van der Waals surface area (Å²) in [6, 6.07) is 4.86. The van der Waals surface area contributed by atoms with Crippen LogP contribution in [-0.2, 0) is 11.3 Å². The van der Waals surface area contributed by atoms with Crippen LogP contribution in [-0.4, -0.2) is 38.5 Å². The maximum atomic E-state index is 11.5. The Morgan fingerprint density at radius 1 is 1.32 bits per heavy atom. The fourth-order valence-electron chi connectivity index (χ4n) is 1.53. The fourth-order valence-corrected chi connectivity index (χ4v) is 1.53. The number of amides is 2. The lowest BCUT2D eigenvalue weighted by atomic mass is 10.2. The summed E-state index contributed by atoms with van der Waals surface area (Å²) in [5, 5.41) is 15.2. The number of hydrogen-bond acceptors (Lipinski definition) is 4. The predicted octanol–water partition coefficient (Wildman–Crippen LogP) is 1.24. The third kappa shape index (κ3) is 5.05. The van der Waals surface area contributed by atoms with Gasteiger partial charge in [0.15, 0.2) is 11.5 Å². The number of methoxy groups -OCH3 is 2. The van der Waals surface area contributed by atoms with E-state index in [1.165, 1.54) is 7.11 Å². The van der Waals surface area contributed by atoms with Gasteiger partial charge < -0.3 is 25.2 Å². The molecule has 0 bridgehead atoms. The molecular formula is C13H20N2O4. The van der Waals surface area contributed by atoms with Gasteiger partial charge in [-0.25, -0.2) is 4.79 Å². The second-order valence-corrected chi connectivity index (χ2v) is 3.92. The highest BCUT2D eigenvalue weighted by molar-refractivity contribution is 5.73. The number of urea groups is 1. The molecule has 0 atom stereocenters. The molecule has 0 aliphatic heterocycles. The Labute approximate surface area is 112 Å². The molecule has 1 aromatic rings. The van der Waals surface area contributed by atoms with Crippen LogP contribution in [0.4, 0.5) is 4.79 Å². The van der Waals surface area contributed by atoms with Crippen molar-refractivity contribution in [2.45, 2.75) is 13.0 Å². The monoisotopic (exact) mass is 268 g/mol. The predicted molar refractivity (Wildman–Crippen MR) is 71.4 cm³/mol. The van der Waals surface area contributed by atoms with Gasteiger partial charge in [-0.2, -0.15) is 0 Å². The molecule has 0 fully saturated rings. The van der Waals surface area contributed by atoms with Gasteiger partial charge >= 0.3 is 6.03 Å². The van der Waals surface area contributed by atoms with Crippen LogP contribution in [0.2, 0.25) is 0 Å². The zero-order chi connectivity index (χ0) is 14.1. The molecule has 0 saturated heterocycles. The Hall–Kier alpha value is -1.95. The molecule has 6 heteroatoms. The number of phenolic OH excluding ortho intramolecular Hbond substituents is 1. The highest BCUT2D eigenvalue weighted by atomic mass is 16.5. The lowest BCUT2D eigenvalue weighted by Crippen LogP contribution is -2.35. The van der Waals surface area contributed by atoms with Crippen LogP contribution in [0.5, 0.6) is 11.5 Å². The van der Waals surface area contributed by atoms with E-state index in [-0.39, 0.29) is 18.3 Å². The van der Waals surface area contributed by atoms with Gasteiger partial charge in [0, 0.05) is 32.4 Å². The number of benzene rings is 1. The molecule has 1 rings (SSSR count). The molecule has 1 aromatic carbocycles. The van der Waals surface area contributed by atoms with Crippen LogP contribution >= 0.6 is 0 Å². The molecule has 3 N–H and O–H groups in total. The van der Waals surface area contributed by atoms with Crippen LogP contribution in [0.25, 0.3) is 0 Å². The van der Waals surface area contributed by atoms with Gasteiger partial charge in [-0.05, 0) is 12.5 Å². The second kappa shape index (κ2) is 8.20. The minimum Gasteiger partial charge on any atom is -0.504 e. The normalized spacial score (nSPS) is 10.0. The van der Waals surface area contributed by atoms with E-state index in [0.717, 1.165) is 6.42 Å². The molecule has 0 heterocycles. The van der Waals surface area contributed by atoms with Crippen LogP contribution < -0.4 is 15.4 Å². The number of hydrogen-bond donors (Lipinski definition) is 3. The average Bonchev–Trinajstić information content (AvgIpc) is 2.42. The third-order valence-electron chi connectivity index (χ3n) is 2.55. The van der Waals surface area contributed by atoms with Crippen molar-refractivity contribution >= 4 is 6.03 Å². The number of rotatable bonds is 7. The second-order valence-electron chi connectivity index (χ2n) is 3.92. The molecule has 6 nitrogen and oxygen atoms in total. The summed E-state index contributed by atoms with van der Waals surface area (Å²) < 4.78 is 9.87. The molecule has 19 heavy (non-hydrogen) atoms. The van der Waals surface area contributed by atoms with Crippen molar-refractivity contribution in [1.29, 1.82) is 0 Å². The molecule has 0 aromatic heterocycles. The summed E-state index contributed by atoms with van der Waals surface area (Å²) in [6.07, 6.45) is 0.758. The van der Waals surface area contributed by atoms with E-state index in [2.05, 4.69) is 10.6 Å². The Morgan fingerprint density at radius 3 is 2.79 bits per heavy atom.